The summed E-state index contributed by atoms with van der Waals surface area (Å²) >= 11 is 0. The van der Waals surface area contributed by atoms with Crippen LogP contribution in [0, 0.1) is 23.0 Å². The molecule has 0 unspecified atom stereocenters. The maximum absolute atomic E-state index is 14.4. The van der Waals surface area contributed by atoms with Gasteiger partial charge in [-0.1, -0.05) is 18.2 Å². The summed E-state index contributed by atoms with van der Waals surface area (Å²) < 4.78 is 33.0. The number of carbonyl (C=O) groups is 1. The van der Waals surface area contributed by atoms with Crippen LogP contribution in [0.4, 0.5) is 8.78 Å². The summed E-state index contributed by atoms with van der Waals surface area (Å²) in [5.41, 5.74) is 0.497. The zero-order chi connectivity index (χ0) is 19.3. The molecule has 0 radical (unpaired) electrons. The fourth-order valence-electron chi connectivity index (χ4n) is 3.22. The molecule has 27 heavy (non-hydrogen) atoms. The molecule has 0 aromatic heterocycles. The first-order chi connectivity index (χ1) is 13.0. The molecule has 0 bridgehead atoms. The molecule has 6 heteroatoms. The molecule has 0 spiro atoms. The normalized spacial score (nSPS) is 16.0. The van der Waals surface area contributed by atoms with Crippen molar-refractivity contribution in [2.45, 2.75) is 18.4 Å². The fourth-order valence-corrected chi connectivity index (χ4v) is 3.22. The third-order valence-electron chi connectivity index (χ3n) is 4.60. The van der Waals surface area contributed by atoms with Crippen LogP contribution in [0.15, 0.2) is 48.5 Å². The number of nitrogens with zero attached hydrogens (tertiary/aromatic N) is 1. The Labute approximate surface area is 156 Å². The molecule has 2 aromatic carbocycles. The number of benzene rings is 2. The molecular weight excluding hydrogens is 350 g/mol. The van der Waals surface area contributed by atoms with E-state index in [0.29, 0.717) is 37.2 Å². The predicted octanol–water partition coefficient (Wildman–Crippen LogP) is 3.67. The topological polar surface area (TPSA) is 62.1 Å². The maximum Gasteiger partial charge on any atom is 0.244 e. The van der Waals surface area contributed by atoms with E-state index in [1.54, 1.807) is 30.3 Å². The lowest BCUT2D eigenvalue weighted by Crippen LogP contribution is -2.49. The third-order valence-corrected chi connectivity index (χ3v) is 4.60. The second kappa shape index (κ2) is 8.11. The molecule has 1 aliphatic heterocycles. The van der Waals surface area contributed by atoms with Crippen LogP contribution in [-0.4, -0.2) is 19.1 Å². The van der Waals surface area contributed by atoms with Gasteiger partial charge in [0.15, 0.2) is 0 Å². The van der Waals surface area contributed by atoms with E-state index in [0.717, 1.165) is 6.07 Å². The molecule has 1 fully saturated rings. The average Bonchev–Trinajstić information content (AvgIpc) is 2.67. The van der Waals surface area contributed by atoms with E-state index < -0.39 is 23.1 Å². The lowest BCUT2D eigenvalue weighted by molar-refractivity contribution is -0.119. The number of hydrogen-bond donors (Lipinski definition) is 1. The molecule has 1 N–H and O–H groups in total. The highest BCUT2D eigenvalue weighted by atomic mass is 19.1. The third kappa shape index (κ3) is 4.39. The molecule has 1 heterocycles. The summed E-state index contributed by atoms with van der Waals surface area (Å²) in [6.45, 7) is 0.732. The van der Waals surface area contributed by atoms with Crippen molar-refractivity contribution in [3.63, 3.8) is 0 Å². The van der Waals surface area contributed by atoms with Crippen molar-refractivity contribution < 1.29 is 18.3 Å². The Hall–Kier alpha value is -3.04. The van der Waals surface area contributed by atoms with Gasteiger partial charge in [-0.3, -0.25) is 4.79 Å². The number of amides is 1. The molecule has 0 atom stereocenters. The highest BCUT2D eigenvalue weighted by Crippen LogP contribution is 2.34. The van der Waals surface area contributed by atoms with E-state index in [1.165, 1.54) is 18.2 Å². The van der Waals surface area contributed by atoms with Crippen LogP contribution in [-0.2, 0) is 15.1 Å². The van der Waals surface area contributed by atoms with Crippen molar-refractivity contribution in [3.8, 4) is 6.07 Å². The highest BCUT2D eigenvalue weighted by Gasteiger charge is 2.37. The number of halogens is 2. The smallest absolute Gasteiger partial charge is 0.244 e. The number of hydrogen-bond acceptors (Lipinski definition) is 3. The van der Waals surface area contributed by atoms with Gasteiger partial charge in [0.05, 0.1) is 17.2 Å². The number of rotatable bonds is 4. The van der Waals surface area contributed by atoms with Crippen LogP contribution in [0.1, 0.15) is 29.5 Å². The first kappa shape index (κ1) is 18.7. The molecule has 138 valence electrons. The quantitative estimate of drug-likeness (QED) is 0.838. The van der Waals surface area contributed by atoms with Gasteiger partial charge in [-0.2, -0.15) is 5.26 Å². The number of carbonyl (C=O) groups excluding carboxylic acids is 1. The van der Waals surface area contributed by atoms with Gasteiger partial charge in [-0.15, -0.1) is 0 Å². The van der Waals surface area contributed by atoms with Crippen LogP contribution in [0.3, 0.4) is 0 Å². The summed E-state index contributed by atoms with van der Waals surface area (Å²) in [6, 6.07) is 12.2. The number of ether oxygens (including phenoxy) is 1. The van der Waals surface area contributed by atoms with Crippen molar-refractivity contribution in [1.29, 1.82) is 5.26 Å². The molecule has 1 amide bonds. The monoisotopic (exact) mass is 368 g/mol. The second-order valence-electron chi connectivity index (χ2n) is 6.38. The summed E-state index contributed by atoms with van der Waals surface area (Å²) in [5.74, 6) is -1.76. The average molecular weight is 368 g/mol. The zero-order valence-electron chi connectivity index (χ0n) is 14.5. The van der Waals surface area contributed by atoms with Crippen LogP contribution in [0.25, 0.3) is 6.08 Å². The van der Waals surface area contributed by atoms with Crippen molar-refractivity contribution in [2.75, 3.05) is 13.2 Å². The van der Waals surface area contributed by atoms with E-state index in [-0.39, 0.29) is 5.56 Å². The van der Waals surface area contributed by atoms with Gasteiger partial charge >= 0.3 is 0 Å². The van der Waals surface area contributed by atoms with Crippen molar-refractivity contribution in [1.82, 2.24) is 5.32 Å². The van der Waals surface area contributed by atoms with Crippen LogP contribution in [0.2, 0.25) is 0 Å². The summed E-state index contributed by atoms with van der Waals surface area (Å²) in [4.78, 5) is 12.5. The molecule has 0 aliphatic carbocycles. The van der Waals surface area contributed by atoms with Gasteiger partial charge in [0.1, 0.15) is 11.6 Å². The standard InChI is InChI=1S/C21H18F2N2O2/c22-17-5-6-18(19(23)13-17)21(8-10-27-11-9-21)25-20(26)7-4-15-2-1-3-16(12-15)14-24/h1-7,12-13H,8-11H2,(H,25,26)/b7-4+. The zero-order valence-corrected chi connectivity index (χ0v) is 14.5. The Morgan fingerprint density at radius 1 is 1.19 bits per heavy atom. The minimum absolute atomic E-state index is 0.250. The molecule has 3 rings (SSSR count). The van der Waals surface area contributed by atoms with Gasteiger partial charge in [0, 0.05) is 30.9 Å². The number of nitriles is 1. The molecule has 1 saturated heterocycles. The van der Waals surface area contributed by atoms with Gasteiger partial charge in [0.2, 0.25) is 5.91 Å². The van der Waals surface area contributed by atoms with Gasteiger partial charge in [0.25, 0.3) is 0 Å². The first-order valence-corrected chi connectivity index (χ1v) is 8.56. The van der Waals surface area contributed by atoms with Crippen LogP contribution < -0.4 is 5.32 Å². The van der Waals surface area contributed by atoms with Crippen molar-refractivity contribution in [2.24, 2.45) is 0 Å². The molecule has 2 aromatic rings. The van der Waals surface area contributed by atoms with Crippen LogP contribution in [0.5, 0.6) is 0 Å². The Balaban J connectivity index is 1.83. The number of nitrogens with one attached hydrogen (secondary N) is 1. The van der Waals surface area contributed by atoms with E-state index in [9.17, 15) is 13.6 Å². The maximum atomic E-state index is 14.4. The van der Waals surface area contributed by atoms with Gasteiger partial charge in [-0.05, 0) is 42.7 Å². The minimum atomic E-state index is -0.952. The van der Waals surface area contributed by atoms with E-state index in [2.05, 4.69) is 5.32 Å². The second-order valence-corrected chi connectivity index (χ2v) is 6.38. The largest absolute Gasteiger partial charge is 0.381 e. The lowest BCUT2D eigenvalue weighted by Gasteiger charge is -2.38. The van der Waals surface area contributed by atoms with Gasteiger partial charge in [-0.25, -0.2) is 8.78 Å². The molecule has 1 aliphatic rings. The summed E-state index contributed by atoms with van der Waals surface area (Å²) in [7, 11) is 0. The summed E-state index contributed by atoms with van der Waals surface area (Å²) in [5, 5.41) is 11.8. The molecule has 4 nitrogen and oxygen atoms in total. The van der Waals surface area contributed by atoms with E-state index >= 15 is 0 Å². The van der Waals surface area contributed by atoms with Crippen molar-refractivity contribution >= 4 is 12.0 Å². The van der Waals surface area contributed by atoms with Crippen LogP contribution >= 0.6 is 0 Å². The Morgan fingerprint density at radius 2 is 1.96 bits per heavy atom. The Kier molecular flexibility index (Phi) is 5.63. The Morgan fingerprint density at radius 3 is 2.67 bits per heavy atom. The van der Waals surface area contributed by atoms with E-state index in [4.69, 9.17) is 10.00 Å². The minimum Gasteiger partial charge on any atom is -0.381 e. The molecular formula is C21H18F2N2O2. The van der Waals surface area contributed by atoms with Gasteiger partial charge < -0.3 is 10.1 Å². The molecule has 0 saturated carbocycles. The SMILES string of the molecule is N#Cc1cccc(/C=C/C(=O)NC2(c3ccc(F)cc3F)CCOCC2)c1. The fraction of sp³-hybridized carbons (Fsp3) is 0.238. The lowest BCUT2D eigenvalue weighted by atomic mass is 9.82. The Bertz CT molecular complexity index is 913. The van der Waals surface area contributed by atoms with Crippen molar-refractivity contribution in [3.05, 3.63) is 76.9 Å². The van der Waals surface area contributed by atoms with E-state index in [1.807, 2.05) is 6.07 Å². The first-order valence-electron chi connectivity index (χ1n) is 8.56. The summed E-state index contributed by atoms with van der Waals surface area (Å²) in [6.07, 6.45) is 3.71. The highest BCUT2D eigenvalue weighted by molar-refractivity contribution is 5.92. The predicted molar refractivity (Wildman–Crippen MR) is 96.4 cm³/mol.